The maximum atomic E-state index is 13.5. The zero-order valence-electron chi connectivity index (χ0n) is 27.3. The highest BCUT2D eigenvalue weighted by molar-refractivity contribution is 5.83. The topological polar surface area (TPSA) is 92.5 Å². The zero-order chi connectivity index (χ0) is 33.6. The predicted molar refractivity (Wildman–Crippen MR) is 177 cm³/mol. The summed E-state index contributed by atoms with van der Waals surface area (Å²) in [6.45, 7) is 8.88. The number of nitrogens with zero attached hydrogens (tertiary/aromatic N) is 6. The molecule has 0 radical (unpaired) electrons. The summed E-state index contributed by atoms with van der Waals surface area (Å²) < 4.78 is 41.9. The minimum Gasteiger partial charge on any atom is -0.373 e. The van der Waals surface area contributed by atoms with Crippen LogP contribution in [0.5, 0.6) is 0 Å². The normalized spacial score (nSPS) is 16.9. The maximum Gasteiger partial charge on any atom is 0.406 e. The molecule has 2 aromatic heterocycles. The van der Waals surface area contributed by atoms with Gasteiger partial charge in [0.15, 0.2) is 0 Å². The van der Waals surface area contributed by atoms with Crippen molar-refractivity contribution in [3.63, 3.8) is 0 Å². The van der Waals surface area contributed by atoms with E-state index in [1.54, 1.807) is 44.3 Å². The van der Waals surface area contributed by atoms with Crippen LogP contribution in [0.15, 0.2) is 42.6 Å². The number of nitrogens with one attached hydrogen (secondary N) is 2. The van der Waals surface area contributed by atoms with Crippen LogP contribution in [0, 0.1) is 23.2 Å². The summed E-state index contributed by atoms with van der Waals surface area (Å²) in [6, 6.07) is 13.4. The van der Waals surface area contributed by atoms with Gasteiger partial charge in [-0.2, -0.15) is 18.4 Å². The van der Waals surface area contributed by atoms with E-state index in [0.717, 1.165) is 57.7 Å². The lowest BCUT2D eigenvalue weighted by atomic mass is 9.91. The number of hydrogen-bond donors (Lipinski definition) is 2. The number of piperidine rings is 1. The van der Waals surface area contributed by atoms with Gasteiger partial charge in [0.05, 0.1) is 47.8 Å². The number of hydrogen-bond acceptors (Lipinski definition) is 7. The Bertz CT molecular complexity index is 1630. The standard InChI is InChI=1S/C35H43F3N8O/c1-34(2,24-39)32-9-7-29(22-42-32)40-12-4-5-30-20-27-19-26(6-8-31(27)46(30)25-35(36,37)38)21-41-28-10-13-44(14-11-28)23-33(47)45-17-15-43(3)16-18-45/h6-9,19-20,22,28,40-41H,10-18,21,23,25H2,1-3H3. The van der Waals surface area contributed by atoms with Gasteiger partial charge in [0.1, 0.15) is 6.54 Å². The zero-order valence-corrected chi connectivity index (χ0v) is 27.3. The van der Waals surface area contributed by atoms with Crippen LogP contribution in [0.1, 0.15) is 43.6 Å². The molecule has 2 N–H and O–H groups in total. The van der Waals surface area contributed by atoms with E-state index < -0.39 is 18.1 Å². The molecule has 0 bridgehead atoms. The first-order valence-electron chi connectivity index (χ1n) is 16.1. The highest BCUT2D eigenvalue weighted by Crippen LogP contribution is 2.27. The molecule has 1 amide bonds. The van der Waals surface area contributed by atoms with Gasteiger partial charge in [0.2, 0.25) is 5.91 Å². The average Bonchev–Trinajstić information content (AvgIpc) is 3.38. The second-order valence-electron chi connectivity index (χ2n) is 13.1. The SMILES string of the molecule is CN1CCN(C(=O)CN2CCC(NCc3ccc4c(c3)cc(C#CCNc3ccc(C(C)(C)C#N)nc3)n4CC(F)(F)F)CC2)CC1. The number of carbonyl (C=O) groups excluding carboxylic acids is 1. The molecule has 4 heterocycles. The Hall–Kier alpha value is -4.10. The van der Waals surface area contributed by atoms with Gasteiger partial charge in [-0.05, 0) is 75.6 Å². The number of aromatic nitrogens is 2. The van der Waals surface area contributed by atoms with E-state index in [-0.39, 0.29) is 12.5 Å². The molecular formula is C35H43F3N8O. The van der Waals surface area contributed by atoms with Gasteiger partial charge in [-0.25, -0.2) is 0 Å². The third-order valence-electron chi connectivity index (χ3n) is 8.98. The number of nitriles is 1. The predicted octanol–water partition coefficient (Wildman–Crippen LogP) is 4.19. The fraction of sp³-hybridized carbons (Fsp3) is 0.514. The number of likely N-dealkylation sites (tertiary alicyclic amines) is 1. The Morgan fingerprint density at radius 3 is 2.45 bits per heavy atom. The molecule has 3 aromatic rings. The Morgan fingerprint density at radius 1 is 1.04 bits per heavy atom. The van der Waals surface area contributed by atoms with Crippen molar-refractivity contribution in [2.24, 2.45) is 0 Å². The molecule has 2 aliphatic heterocycles. The summed E-state index contributed by atoms with van der Waals surface area (Å²) in [5, 5.41) is 16.7. The van der Waals surface area contributed by atoms with Crippen molar-refractivity contribution < 1.29 is 18.0 Å². The number of piperazine rings is 1. The summed E-state index contributed by atoms with van der Waals surface area (Å²) in [5.41, 5.74) is 2.43. The molecular weight excluding hydrogens is 605 g/mol. The number of pyridine rings is 1. The minimum atomic E-state index is -4.39. The van der Waals surface area contributed by atoms with E-state index in [0.29, 0.717) is 47.1 Å². The first-order valence-corrected chi connectivity index (χ1v) is 16.1. The number of fused-ring (bicyclic) bond motifs is 1. The molecule has 2 saturated heterocycles. The summed E-state index contributed by atoms with van der Waals surface area (Å²) in [4.78, 5) is 23.5. The third kappa shape index (κ3) is 9.25. The van der Waals surface area contributed by atoms with Crippen LogP contribution in [-0.4, -0.2) is 102 Å². The quantitative estimate of drug-likeness (QED) is 0.337. The molecule has 1 aromatic carbocycles. The molecule has 2 fully saturated rings. The van der Waals surface area contributed by atoms with Gasteiger partial charge in [-0.1, -0.05) is 12.0 Å². The summed E-state index contributed by atoms with van der Waals surface area (Å²) in [7, 11) is 2.08. The maximum absolute atomic E-state index is 13.5. The summed E-state index contributed by atoms with van der Waals surface area (Å²) in [6.07, 6.45) is -0.903. The lowest BCUT2D eigenvalue weighted by molar-refractivity contribution is -0.140. The van der Waals surface area contributed by atoms with Crippen LogP contribution in [0.4, 0.5) is 18.9 Å². The Kier molecular flexibility index (Phi) is 10.8. The minimum absolute atomic E-state index is 0.208. The molecule has 9 nitrogen and oxygen atoms in total. The number of alkyl halides is 3. The van der Waals surface area contributed by atoms with E-state index in [4.69, 9.17) is 0 Å². The fourth-order valence-electron chi connectivity index (χ4n) is 5.99. The van der Waals surface area contributed by atoms with E-state index in [9.17, 15) is 23.2 Å². The van der Waals surface area contributed by atoms with Crippen LogP contribution in [0.3, 0.4) is 0 Å². The van der Waals surface area contributed by atoms with Crippen molar-refractivity contribution in [1.29, 1.82) is 5.26 Å². The summed E-state index contributed by atoms with van der Waals surface area (Å²) in [5.74, 6) is 6.07. The van der Waals surface area contributed by atoms with Gasteiger partial charge in [0, 0.05) is 62.8 Å². The fourth-order valence-corrected chi connectivity index (χ4v) is 5.99. The second kappa shape index (κ2) is 14.8. The highest BCUT2D eigenvalue weighted by atomic mass is 19.4. The van der Waals surface area contributed by atoms with Gasteiger partial charge in [-0.15, -0.1) is 0 Å². The average molecular weight is 649 g/mol. The molecule has 0 atom stereocenters. The lowest BCUT2D eigenvalue weighted by Crippen LogP contribution is -2.51. The highest BCUT2D eigenvalue weighted by Gasteiger charge is 2.30. The number of anilines is 1. The number of benzene rings is 1. The molecule has 2 aliphatic rings. The van der Waals surface area contributed by atoms with E-state index in [2.05, 4.69) is 50.4 Å². The molecule has 12 heteroatoms. The molecule has 0 spiro atoms. The largest absolute Gasteiger partial charge is 0.406 e. The molecule has 47 heavy (non-hydrogen) atoms. The second-order valence-corrected chi connectivity index (χ2v) is 13.1. The molecule has 0 aliphatic carbocycles. The van der Waals surface area contributed by atoms with Crippen LogP contribution in [0.2, 0.25) is 0 Å². The number of halogens is 3. The molecule has 250 valence electrons. The van der Waals surface area contributed by atoms with Crippen LogP contribution in [0.25, 0.3) is 10.9 Å². The number of rotatable bonds is 9. The van der Waals surface area contributed by atoms with Crippen molar-refractivity contribution in [2.75, 3.05) is 64.7 Å². The van der Waals surface area contributed by atoms with Gasteiger partial charge < -0.3 is 25.0 Å². The van der Waals surface area contributed by atoms with Gasteiger partial charge in [0.25, 0.3) is 0 Å². The first-order chi connectivity index (χ1) is 22.4. The Labute approximate surface area is 274 Å². The monoisotopic (exact) mass is 648 g/mol. The Morgan fingerprint density at radius 2 is 1.79 bits per heavy atom. The summed E-state index contributed by atoms with van der Waals surface area (Å²) >= 11 is 0. The number of amides is 1. The van der Waals surface area contributed by atoms with E-state index in [1.165, 1.54) is 4.57 Å². The van der Waals surface area contributed by atoms with Crippen LogP contribution >= 0.6 is 0 Å². The smallest absolute Gasteiger partial charge is 0.373 e. The third-order valence-corrected chi connectivity index (χ3v) is 8.98. The van der Waals surface area contributed by atoms with Gasteiger partial charge >= 0.3 is 6.18 Å². The van der Waals surface area contributed by atoms with Crippen LogP contribution in [-0.2, 0) is 23.3 Å². The van der Waals surface area contributed by atoms with E-state index in [1.807, 2.05) is 17.0 Å². The van der Waals surface area contributed by atoms with Gasteiger partial charge in [-0.3, -0.25) is 14.7 Å². The number of carbonyl (C=O) groups is 1. The van der Waals surface area contributed by atoms with Crippen molar-refractivity contribution in [3.8, 4) is 17.9 Å². The van der Waals surface area contributed by atoms with E-state index >= 15 is 0 Å². The molecule has 0 unspecified atom stereocenters. The lowest BCUT2D eigenvalue weighted by Gasteiger charge is -2.36. The van der Waals surface area contributed by atoms with Crippen molar-refractivity contribution >= 4 is 22.5 Å². The van der Waals surface area contributed by atoms with Crippen LogP contribution < -0.4 is 10.6 Å². The first kappa shape index (κ1) is 34.2. The molecule has 5 rings (SSSR count). The van der Waals surface area contributed by atoms with Crippen molar-refractivity contribution in [2.45, 2.75) is 57.4 Å². The Balaban J connectivity index is 1.16. The number of likely N-dealkylation sites (N-methyl/N-ethyl adjacent to an activating group) is 1. The van der Waals surface area contributed by atoms with Crippen molar-refractivity contribution in [3.05, 3.63) is 59.5 Å². The van der Waals surface area contributed by atoms with Crippen molar-refractivity contribution in [1.82, 2.24) is 29.6 Å². The molecule has 0 saturated carbocycles.